The van der Waals surface area contributed by atoms with Crippen molar-refractivity contribution >= 4 is 17.0 Å². The SMILES string of the molecule is CONc1nc(C(c2ccccc2)(c2ccccc2)c2ccccc2)nc2nc[nH]c12. The van der Waals surface area contributed by atoms with Gasteiger partial charge in [-0.3, -0.25) is 4.84 Å². The summed E-state index contributed by atoms with van der Waals surface area (Å²) in [4.78, 5) is 22.6. The van der Waals surface area contributed by atoms with Gasteiger partial charge in [-0.15, -0.1) is 0 Å². The number of imidazole rings is 1. The highest BCUT2D eigenvalue weighted by Crippen LogP contribution is 2.44. The fraction of sp³-hybridized carbons (Fsp3) is 0.0800. The number of aromatic nitrogens is 4. The molecule has 3 aromatic carbocycles. The number of benzene rings is 3. The lowest BCUT2D eigenvalue weighted by molar-refractivity contribution is 0.269. The number of aromatic amines is 1. The molecular weight excluding hydrogens is 386 g/mol. The summed E-state index contributed by atoms with van der Waals surface area (Å²) in [5, 5.41) is 0. The largest absolute Gasteiger partial charge is 0.340 e. The van der Waals surface area contributed by atoms with Crippen molar-refractivity contribution in [1.29, 1.82) is 0 Å². The molecule has 0 amide bonds. The normalized spacial score (nSPS) is 11.5. The highest BCUT2D eigenvalue weighted by atomic mass is 16.6. The summed E-state index contributed by atoms with van der Waals surface area (Å²) in [5.74, 6) is 1.14. The van der Waals surface area contributed by atoms with Crippen LogP contribution in [0.15, 0.2) is 97.3 Å². The van der Waals surface area contributed by atoms with Crippen molar-refractivity contribution in [3.63, 3.8) is 0 Å². The molecule has 0 saturated heterocycles. The van der Waals surface area contributed by atoms with E-state index in [1.165, 1.54) is 0 Å². The average Bonchev–Trinajstić information content (AvgIpc) is 3.31. The van der Waals surface area contributed by atoms with Crippen molar-refractivity contribution in [3.05, 3.63) is 120 Å². The lowest BCUT2D eigenvalue weighted by atomic mass is 9.68. The number of rotatable bonds is 6. The molecule has 0 saturated carbocycles. The first-order valence-corrected chi connectivity index (χ1v) is 10.0. The van der Waals surface area contributed by atoms with Gasteiger partial charge in [0, 0.05) is 0 Å². The molecule has 2 heterocycles. The predicted molar refractivity (Wildman–Crippen MR) is 121 cm³/mol. The molecule has 2 N–H and O–H groups in total. The van der Waals surface area contributed by atoms with Crippen molar-refractivity contribution in [2.24, 2.45) is 0 Å². The van der Waals surface area contributed by atoms with Gasteiger partial charge in [-0.05, 0) is 16.7 Å². The van der Waals surface area contributed by atoms with Crippen LogP contribution in [0.25, 0.3) is 11.2 Å². The van der Waals surface area contributed by atoms with E-state index in [1.54, 1.807) is 13.4 Å². The molecule has 0 bridgehead atoms. The smallest absolute Gasteiger partial charge is 0.183 e. The molecule has 0 aliphatic carbocycles. The Balaban J connectivity index is 1.92. The minimum Gasteiger partial charge on any atom is -0.340 e. The number of anilines is 1. The second-order valence-corrected chi connectivity index (χ2v) is 7.15. The van der Waals surface area contributed by atoms with E-state index < -0.39 is 5.41 Å². The van der Waals surface area contributed by atoms with Gasteiger partial charge in [0.05, 0.1) is 13.4 Å². The molecular formula is C25H21N5O. The van der Waals surface area contributed by atoms with E-state index in [0.717, 1.165) is 16.7 Å². The fourth-order valence-electron chi connectivity index (χ4n) is 4.12. The third-order valence-corrected chi connectivity index (χ3v) is 5.44. The summed E-state index contributed by atoms with van der Waals surface area (Å²) in [5.41, 5.74) is 6.57. The van der Waals surface area contributed by atoms with Crippen LogP contribution in [0.4, 0.5) is 5.82 Å². The van der Waals surface area contributed by atoms with Crippen LogP contribution in [0.2, 0.25) is 0 Å². The maximum atomic E-state index is 5.20. The Morgan fingerprint density at radius 1 is 0.742 bits per heavy atom. The zero-order valence-electron chi connectivity index (χ0n) is 17.0. The third kappa shape index (κ3) is 3.14. The Hall–Kier alpha value is -4.03. The molecule has 0 atom stereocenters. The number of fused-ring (bicyclic) bond motifs is 1. The number of hydrogen-bond donors (Lipinski definition) is 2. The second-order valence-electron chi connectivity index (χ2n) is 7.15. The number of hydrogen-bond acceptors (Lipinski definition) is 5. The van der Waals surface area contributed by atoms with Gasteiger partial charge in [-0.1, -0.05) is 91.0 Å². The summed E-state index contributed by atoms with van der Waals surface area (Å²) in [6.07, 6.45) is 1.61. The van der Waals surface area contributed by atoms with Crippen LogP contribution in [0, 0.1) is 0 Å². The van der Waals surface area contributed by atoms with Crippen LogP contribution in [0.3, 0.4) is 0 Å². The van der Waals surface area contributed by atoms with Gasteiger partial charge >= 0.3 is 0 Å². The zero-order chi connectivity index (χ0) is 21.1. The summed E-state index contributed by atoms with van der Waals surface area (Å²) in [7, 11) is 1.56. The molecule has 6 heteroatoms. The van der Waals surface area contributed by atoms with Crippen LogP contribution in [-0.2, 0) is 10.3 Å². The Kier molecular flexibility index (Phi) is 4.90. The fourth-order valence-corrected chi connectivity index (χ4v) is 4.12. The van der Waals surface area contributed by atoms with Crippen molar-refractivity contribution in [2.45, 2.75) is 5.41 Å². The van der Waals surface area contributed by atoms with Gasteiger partial charge < -0.3 is 4.98 Å². The van der Waals surface area contributed by atoms with Crippen molar-refractivity contribution in [1.82, 2.24) is 19.9 Å². The van der Waals surface area contributed by atoms with Crippen LogP contribution >= 0.6 is 0 Å². The third-order valence-electron chi connectivity index (χ3n) is 5.44. The first kappa shape index (κ1) is 19.0. The molecule has 0 radical (unpaired) electrons. The van der Waals surface area contributed by atoms with Gasteiger partial charge in [0.2, 0.25) is 0 Å². The summed E-state index contributed by atoms with van der Waals surface area (Å²) < 4.78 is 0. The van der Waals surface area contributed by atoms with Crippen molar-refractivity contribution in [3.8, 4) is 0 Å². The topological polar surface area (TPSA) is 75.7 Å². The summed E-state index contributed by atoms with van der Waals surface area (Å²) in [6, 6.07) is 31.0. The first-order chi connectivity index (χ1) is 15.3. The van der Waals surface area contributed by atoms with E-state index in [4.69, 9.17) is 14.8 Å². The maximum Gasteiger partial charge on any atom is 0.183 e. The highest BCUT2D eigenvalue weighted by molar-refractivity contribution is 5.82. The molecule has 2 aromatic heterocycles. The Labute approximate surface area is 179 Å². The molecule has 0 unspecified atom stereocenters. The van der Waals surface area contributed by atoms with Crippen molar-refractivity contribution in [2.75, 3.05) is 12.6 Å². The summed E-state index contributed by atoms with van der Waals surface area (Å²) in [6.45, 7) is 0. The lowest BCUT2D eigenvalue weighted by Gasteiger charge is -2.34. The Morgan fingerprint density at radius 3 is 1.74 bits per heavy atom. The molecule has 5 aromatic rings. The van der Waals surface area contributed by atoms with Gasteiger partial charge in [0.1, 0.15) is 10.9 Å². The molecule has 0 aliphatic heterocycles. The second kappa shape index (κ2) is 8.01. The van der Waals surface area contributed by atoms with E-state index in [1.807, 2.05) is 54.6 Å². The monoisotopic (exact) mass is 407 g/mol. The molecule has 152 valence electrons. The summed E-state index contributed by atoms with van der Waals surface area (Å²) >= 11 is 0. The quantitative estimate of drug-likeness (QED) is 0.315. The molecule has 0 spiro atoms. The maximum absolute atomic E-state index is 5.20. The minimum absolute atomic E-state index is 0.534. The van der Waals surface area contributed by atoms with E-state index >= 15 is 0 Å². The molecule has 5 rings (SSSR count). The van der Waals surface area contributed by atoms with Gasteiger partial charge in [0.15, 0.2) is 17.3 Å². The average molecular weight is 407 g/mol. The van der Waals surface area contributed by atoms with Crippen LogP contribution in [0.5, 0.6) is 0 Å². The molecule has 0 aliphatic rings. The zero-order valence-corrected chi connectivity index (χ0v) is 17.0. The molecule has 31 heavy (non-hydrogen) atoms. The van der Waals surface area contributed by atoms with Gasteiger partial charge in [-0.2, -0.15) is 0 Å². The Bertz CT molecular complexity index is 1190. The number of H-pyrrole nitrogens is 1. The van der Waals surface area contributed by atoms with Gasteiger partial charge in [-0.25, -0.2) is 20.4 Å². The highest BCUT2D eigenvalue weighted by Gasteiger charge is 2.41. The molecule has 0 fully saturated rings. The van der Waals surface area contributed by atoms with Crippen LogP contribution < -0.4 is 5.48 Å². The standard InChI is InChI=1S/C25H21N5O/c1-31-30-23-21-22(27-17-26-21)28-24(29-23)25(18-11-5-2-6-12-18,19-13-7-3-8-14-19)20-15-9-4-10-16-20/h2-17H,1H3,(H2,26,27,28,29,30). The van der Waals surface area contributed by atoms with E-state index in [-0.39, 0.29) is 0 Å². The molecule has 6 nitrogen and oxygen atoms in total. The Morgan fingerprint density at radius 2 is 1.26 bits per heavy atom. The van der Waals surface area contributed by atoms with Crippen molar-refractivity contribution < 1.29 is 4.84 Å². The van der Waals surface area contributed by atoms with Crippen LogP contribution in [0.1, 0.15) is 22.5 Å². The number of nitrogens with one attached hydrogen (secondary N) is 2. The van der Waals surface area contributed by atoms with E-state index in [9.17, 15) is 0 Å². The first-order valence-electron chi connectivity index (χ1n) is 10.0. The predicted octanol–water partition coefficient (Wildman–Crippen LogP) is 4.71. The minimum atomic E-state index is -0.749. The lowest BCUT2D eigenvalue weighted by Crippen LogP contribution is -2.33. The van der Waals surface area contributed by atoms with E-state index in [2.05, 4.69) is 51.8 Å². The van der Waals surface area contributed by atoms with Crippen LogP contribution in [-0.4, -0.2) is 27.0 Å². The number of nitrogens with zero attached hydrogens (tertiary/aromatic N) is 3. The van der Waals surface area contributed by atoms with Gasteiger partial charge in [0.25, 0.3) is 0 Å². The van der Waals surface area contributed by atoms with E-state index in [0.29, 0.717) is 22.8 Å².